The van der Waals surface area contributed by atoms with Gasteiger partial charge in [0, 0.05) is 30.2 Å². The van der Waals surface area contributed by atoms with Crippen LogP contribution in [0.5, 0.6) is 0 Å². The van der Waals surface area contributed by atoms with E-state index in [-0.39, 0.29) is 11.5 Å². The number of amides is 1. The van der Waals surface area contributed by atoms with E-state index in [0.29, 0.717) is 16.5 Å². The normalized spacial score (nSPS) is 14.8. The third-order valence-electron chi connectivity index (χ3n) is 6.41. The molecule has 0 bridgehead atoms. The van der Waals surface area contributed by atoms with E-state index in [1.54, 1.807) is 10.9 Å². The molecule has 6 nitrogen and oxygen atoms in total. The molecule has 2 aromatic carbocycles. The average Bonchev–Trinajstić information content (AvgIpc) is 2.94. The molecular formula is C25H26N4O2. The van der Waals surface area contributed by atoms with Gasteiger partial charge in [-0.2, -0.15) is 0 Å². The molecule has 0 aliphatic carbocycles. The van der Waals surface area contributed by atoms with Crippen LogP contribution >= 0.6 is 0 Å². The highest BCUT2D eigenvalue weighted by Gasteiger charge is 2.19. The smallest absolute Gasteiger partial charge is 0.280 e. The van der Waals surface area contributed by atoms with E-state index >= 15 is 0 Å². The molecule has 1 fully saturated rings. The lowest BCUT2D eigenvalue weighted by molar-refractivity contribution is 0.0762. The average molecular weight is 415 g/mol. The fourth-order valence-electron chi connectivity index (χ4n) is 4.39. The van der Waals surface area contributed by atoms with E-state index in [2.05, 4.69) is 10.1 Å². The zero-order valence-electron chi connectivity index (χ0n) is 17.9. The van der Waals surface area contributed by atoms with Gasteiger partial charge < -0.3 is 4.90 Å². The fourth-order valence-corrected chi connectivity index (χ4v) is 4.39. The number of likely N-dealkylation sites (tertiary alicyclic amines) is 1. The third-order valence-corrected chi connectivity index (χ3v) is 6.41. The first-order chi connectivity index (χ1) is 15.0. The molecule has 1 amide bonds. The van der Waals surface area contributed by atoms with Crippen LogP contribution in [0, 0.1) is 13.8 Å². The second-order valence-electron chi connectivity index (χ2n) is 8.51. The van der Waals surface area contributed by atoms with Crippen molar-refractivity contribution in [2.24, 2.45) is 0 Å². The Morgan fingerprint density at radius 2 is 1.71 bits per heavy atom. The van der Waals surface area contributed by atoms with Crippen molar-refractivity contribution in [3.05, 3.63) is 69.6 Å². The number of carbonyl (C=O) groups is 1. The Morgan fingerprint density at radius 3 is 2.45 bits per heavy atom. The lowest BCUT2D eigenvalue weighted by atomic mass is 10.1. The molecule has 31 heavy (non-hydrogen) atoms. The molecule has 0 saturated carbocycles. The molecule has 6 heteroatoms. The number of pyridine rings is 1. The van der Waals surface area contributed by atoms with Gasteiger partial charge in [-0.1, -0.05) is 18.9 Å². The number of nitrogens with one attached hydrogen (secondary N) is 1. The second-order valence-corrected chi connectivity index (χ2v) is 8.51. The number of nitrogens with zero attached hydrogens (tertiary/aromatic N) is 3. The van der Waals surface area contributed by atoms with Crippen molar-refractivity contribution in [1.82, 2.24) is 19.7 Å². The van der Waals surface area contributed by atoms with Gasteiger partial charge >= 0.3 is 0 Å². The summed E-state index contributed by atoms with van der Waals surface area (Å²) in [6.45, 7) is 5.69. The lowest BCUT2D eigenvalue weighted by Crippen LogP contribution is -2.31. The first-order valence-electron chi connectivity index (χ1n) is 10.9. The number of aryl methyl sites for hydroxylation is 2. The lowest BCUT2D eigenvalue weighted by Gasteiger charge is -2.20. The van der Waals surface area contributed by atoms with Crippen molar-refractivity contribution in [2.75, 3.05) is 13.1 Å². The van der Waals surface area contributed by atoms with Gasteiger partial charge in [-0.25, -0.2) is 4.68 Å². The van der Waals surface area contributed by atoms with Gasteiger partial charge in [0.15, 0.2) is 0 Å². The number of aromatic amines is 1. The molecule has 0 radical (unpaired) electrons. The van der Waals surface area contributed by atoms with Crippen LogP contribution in [0.3, 0.4) is 0 Å². The molecular weight excluding hydrogens is 388 g/mol. The van der Waals surface area contributed by atoms with Gasteiger partial charge in [0.25, 0.3) is 11.5 Å². The molecule has 1 aliphatic heterocycles. The van der Waals surface area contributed by atoms with Crippen LogP contribution in [0.1, 0.15) is 47.2 Å². The van der Waals surface area contributed by atoms with Crippen molar-refractivity contribution in [3.8, 4) is 5.69 Å². The monoisotopic (exact) mass is 414 g/mol. The molecule has 4 aromatic rings. The van der Waals surface area contributed by atoms with Crippen LogP contribution in [-0.2, 0) is 0 Å². The Morgan fingerprint density at radius 1 is 0.935 bits per heavy atom. The third kappa shape index (κ3) is 3.42. The molecule has 0 atom stereocenters. The Labute approximate surface area is 180 Å². The second kappa shape index (κ2) is 7.69. The largest absolute Gasteiger partial charge is 0.339 e. The summed E-state index contributed by atoms with van der Waals surface area (Å²) in [5, 5.41) is 4.57. The first kappa shape index (κ1) is 19.5. The highest BCUT2D eigenvalue weighted by atomic mass is 16.2. The SMILES string of the molecule is Cc1ccc(-n2[nH]c3c(cnc4ccc(C(=O)N5CCCCCC5)cc43)c2=O)cc1C. The maximum atomic E-state index is 13.1. The zero-order chi connectivity index (χ0) is 21.5. The molecule has 158 valence electrons. The van der Waals surface area contributed by atoms with Crippen molar-refractivity contribution >= 4 is 27.7 Å². The van der Waals surface area contributed by atoms with Crippen LogP contribution < -0.4 is 5.56 Å². The molecule has 0 unspecified atom stereocenters. The van der Waals surface area contributed by atoms with Crippen molar-refractivity contribution < 1.29 is 4.79 Å². The topological polar surface area (TPSA) is 71.0 Å². The Kier molecular flexibility index (Phi) is 4.85. The van der Waals surface area contributed by atoms with E-state index in [0.717, 1.165) is 48.1 Å². The minimum atomic E-state index is -0.142. The summed E-state index contributed by atoms with van der Waals surface area (Å²) in [6.07, 6.45) is 6.08. The molecule has 1 N–H and O–H groups in total. The van der Waals surface area contributed by atoms with Crippen LogP contribution in [0.25, 0.3) is 27.5 Å². The molecule has 1 aliphatic rings. The van der Waals surface area contributed by atoms with Crippen molar-refractivity contribution in [2.45, 2.75) is 39.5 Å². The maximum Gasteiger partial charge on any atom is 0.280 e. The highest BCUT2D eigenvalue weighted by molar-refractivity contribution is 6.06. The standard InChI is InChI=1S/C25H26N4O2/c1-16-7-9-19(13-17(16)2)29-25(31)21-15-26-22-10-8-18(14-20(22)23(21)27-29)24(30)28-11-5-3-4-6-12-28/h7-10,13-15,27H,3-6,11-12H2,1-2H3. The first-order valence-corrected chi connectivity index (χ1v) is 10.9. The van der Waals surface area contributed by atoms with E-state index in [4.69, 9.17) is 0 Å². The number of hydrogen-bond donors (Lipinski definition) is 1. The van der Waals surface area contributed by atoms with Crippen LogP contribution in [0.15, 0.2) is 47.4 Å². The Balaban J connectivity index is 1.63. The summed E-state index contributed by atoms with van der Waals surface area (Å²) >= 11 is 0. The number of benzene rings is 2. The van der Waals surface area contributed by atoms with Gasteiger partial charge in [-0.05, 0) is 68.1 Å². The summed E-state index contributed by atoms with van der Waals surface area (Å²) in [6, 6.07) is 11.5. The number of H-pyrrole nitrogens is 1. The van der Waals surface area contributed by atoms with Gasteiger partial charge in [0.1, 0.15) is 0 Å². The fraction of sp³-hybridized carbons (Fsp3) is 0.320. The highest BCUT2D eigenvalue weighted by Crippen LogP contribution is 2.24. The predicted molar refractivity (Wildman–Crippen MR) is 123 cm³/mol. The van der Waals surface area contributed by atoms with Crippen LogP contribution in [0.2, 0.25) is 0 Å². The molecule has 0 spiro atoms. The van der Waals surface area contributed by atoms with Crippen molar-refractivity contribution in [3.63, 3.8) is 0 Å². The summed E-state index contributed by atoms with van der Waals surface area (Å²) < 4.78 is 1.56. The quantitative estimate of drug-likeness (QED) is 0.525. The Bertz CT molecular complexity index is 1360. The van der Waals surface area contributed by atoms with Crippen LogP contribution in [-0.4, -0.2) is 38.7 Å². The summed E-state index contributed by atoms with van der Waals surface area (Å²) in [5.41, 5.74) is 5.05. The number of rotatable bonds is 2. The van der Waals surface area contributed by atoms with Gasteiger partial charge in [-0.15, -0.1) is 0 Å². The van der Waals surface area contributed by atoms with Gasteiger partial charge in [-0.3, -0.25) is 19.7 Å². The summed E-state index contributed by atoms with van der Waals surface area (Å²) in [5.74, 6) is 0.0525. The van der Waals surface area contributed by atoms with Gasteiger partial charge in [0.2, 0.25) is 0 Å². The van der Waals surface area contributed by atoms with Crippen molar-refractivity contribution in [1.29, 1.82) is 0 Å². The zero-order valence-corrected chi connectivity index (χ0v) is 17.9. The number of carbonyl (C=O) groups excluding carboxylic acids is 1. The minimum absolute atomic E-state index is 0.0525. The molecule has 5 rings (SSSR count). The number of hydrogen-bond acceptors (Lipinski definition) is 3. The van der Waals surface area contributed by atoms with Crippen LogP contribution in [0.4, 0.5) is 0 Å². The minimum Gasteiger partial charge on any atom is -0.339 e. The van der Waals surface area contributed by atoms with E-state index in [9.17, 15) is 9.59 Å². The molecule has 1 saturated heterocycles. The Hall–Kier alpha value is -3.41. The number of fused-ring (bicyclic) bond motifs is 3. The summed E-state index contributed by atoms with van der Waals surface area (Å²) in [4.78, 5) is 32.6. The molecule has 3 heterocycles. The van der Waals surface area contributed by atoms with E-state index < -0.39 is 0 Å². The van der Waals surface area contributed by atoms with Gasteiger partial charge in [0.05, 0.1) is 22.1 Å². The predicted octanol–water partition coefficient (Wildman–Crippen LogP) is 4.50. The van der Waals surface area contributed by atoms with E-state index in [1.165, 1.54) is 18.4 Å². The maximum absolute atomic E-state index is 13.1. The number of aromatic nitrogens is 3. The molecule has 2 aromatic heterocycles. The van der Waals surface area contributed by atoms with E-state index in [1.807, 2.05) is 55.1 Å². The summed E-state index contributed by atoms with van der Waals surface area (Å²) in [7, 11) is 0.